The Kier molecular flexibility index (Phi) is 7.06. The highest BCUT2D eigenvalue weighted by Crippen LogP contribution is 2.18. The number of hydrogen-bond acceptors (Lipinski definition) is 4. The first-order valence-corrected chi connectivity index (χ1v) is 7.09. The van der Waals surface area contributed by atoms with Crippen molar-refractivity contribution in [3.05, 3.63) is 29.8 Å². The number of nitrogens with one attached hydrogen (secondary N) is 1. The van der Waals surface area contributed by atoms with Crippen molar-refractivity contribution < 1.29 is 9.84 Å². The van der Waals surface area contributed by atoms with E-state index in [1.165, 1.54) is 0 Å². The average Bonchev–Trinajstić information content (AvgIpc) is 2.49. The highest BCUT2D eigenvalue weighted by molar-refractivity contribution is 5.29. The van der Waals surface area contributed by atoms with Crippen LogP contribution in [0.4, 0.5) is 0 Å². The van der Waals surface area contributed by atoms with Gasteiger partial charge in [0.05, 0.1) is 6.10 Å². The molecule has 0 heterocycles. The van der Waals surface area contributed by atoms with Gasteiger partial charge in [0.25, 0.3) is 0 Å². The second-order valence-electron chi connectivity index (χ2n) is 5.10. The molecule has 0 radical (unpaired) electrons. The molecule has 2 N–H and O–H groups in total. The summed E-state index contributed by atoms with van der Waals surface area (Å²) in [6, 6.07) is 9.76. The largest absolute Gasteiger partial charge is 0.479 e. The van der Waals surface area contributed by atoms with E-state index >= 15 is 0 Å². The molecule has 4 heteroatoms. The molecule has 0 bridgehead atoms. The predicted octanol–water partition coefficient (Wildman–Crippen LogP) is 2.65. The zero-order valence-corrected chi connectivity index (χ0v) is 12.5. The van der Waals surface area contributed by atoms with Gasteiger partial charge in [-0.15, -0.1) is 0 Å². The fourth-order valence-corrected chi connectivity index (χ4v) is 1.86. The van der Waals surface area contributed by atoms with Gasteiger partial charge in [-0.2, -0.15) is 5.26 Å². The van der Waals surface area contributed by atoms with Crippen LogP contribution in [0.25, 0.3) is 0 Å². The molecule has 0 aliphatic heterocycles. The van der Waals surface area contributed by atoms with Gasteiger partial charge in [-0.25, -0.2) is 0 Å². The number of nitrogens with zero attached hydrogens (tertiary/aromatic N) is 1. The second kappa shape index (κ2) is 8.57. The molecule has 0 saturated heterocycles. The summed E-state index contributed by atoms with van der Waals surface area (Å²) < 4.78 is 5.21. The minimum Gasteiger partial charge on any atom is -0.479 e. The Labute approximate surface area is 121 Å². The van der Waals surface area contributed by atoms with Crippen molar-refractivity contribution in [2.24, 2.45) is 5.92 Å². The first-order valence-electron chi connectivity index (χ1n) is 7.09. The molecule has 0 saturated carbocycles. The van der Waals surface area contributed by atoms with Crippen LogP contribution in [0.3, 0.4) is 0 Å². The van der Waals surface area contributed by atoms with Crippen molar-refractivity contribution in [3.63, 3.8) is 0 Å². The standard InChI is InChI=1S/C16H24N2O2/c1-4-12(2)16(19)11-18-13(3)14-5-7-15(8-6-14)20-10-9-17/h5-8,12-13,16,18-19H,4,10-11H2,1-3H3. The number of aliphatic hydroxyl groups is 1. The molecule has 0 aliphatic rings. The fraction of sp³-hybridized carbons (Fsp3) is 0.562. The van der Waals surface area contributed by atoms with E-state index in [1.807, 2.05) is 30.3 Å². The molecule has 3 atom stereocenters. The summed E-state index contributed by atoms with van der Waals surface area (Å²) in [5.74, 6) is 0.999. The Hall–Kier alpha value is -1.57. The van der Waals surface area contributed by atoms with Crippen molar-refractivity contribution in [2.75, 3.05) is 13.2 Å². The van der Waals surface area contributed by atoms with Gasteiger partial charge < -0.3 is 15.2 Å². The van der Waals surface area contributed by atoms with Crippen molar-refractivity contribution in [1.29, 1.82) is 5.26 Å². The van der Waals surface area contributed by atoms with Crippen LogP contribution in [0.1, 0.15) is 38.8 Å². The Morgan fingerprint density at radius 3 is 2.50 bits per heavy atom. The molecule has 0 aliphatic carbocycles. The van der Waals surface area contributed by atoms with Gasteiger partial charge >= 0.3 is 0 Å². The number of nitriles is 1. The zero-order valence-electron chi connectivity index (χ0n) is 12.5. The second-order valence-corrected chi connectivity index (χ2v) is 5.10. The van der Waals surface area contributed by atoms with Crippen LogP contribution in [0.5, 0.6) is 5.75 Å². The first-order chi connectivity index (χ1) is 9.58. The predicted molar refractivity (Wildman–Crippen MR) is 79.4 cm³/mol. The van der Waals surface area contributed by atoms with Crippen molar-refractivity contribution in [3.8, 4) is 11.8 Å². The Morgan fingerprint density at radius 1 is 1.30 bits per heavy atom. The van der Waals surface area contributed by atoms with Gasteiger partial charge in [-0.3, -0.25) is 0 Å². The van der Waals surface area contributed by atoms with Gasteiger partial charge in [-0.05, 0) is 30.5 Å². The summed E-state index contributed by atoms with van der Waals surface area (Å²) in [6.45, 7) is 6.85. The summed E-state index contributed by atoms with van der Waals surface area (Å²) in [4.78, 5) is 0. The van der Waals surface area contributed by atoms with Crippen LogP contribution >= 0.6 is 0 Å². The molecular weight excluding hydrogens is 252 g/mol. The monoisotopic (exact) mass is 276 g/mol. The fourth-order valence-electron chi connectivity index (χ4n) is 1.86. The van der Waals surface area contributed by atoms with Crippen molar-refractivity contribution in [2.45, 2.75) is 39.3 Å². The molecule has 3 unspecified atom stereocenters. The highest BCUT2D eigenvalue weighted by atomic mass is 16.5. The third-order valence-electron chi connectivity index (χ3n) is 3.62. The normalized spacial score (nSPS) is 15.2. The van der Waals surface area contributed by atoms with Crippen LogP contribution in [0, 0.1) is 17.2 Å². The Morgan fingerprint density at radius 2 is 1.95 bits per heavy atom. The lowest BCUT2D eigenvalue weighted by molar-refractivity contribution is 0.110. The van der Waals surface area contributed by atoms with E-state index in [0.29, 0.717) is 18.2 Å². The lowest BCUT2D eigenvalue weighted by atomic mass is 10.0. The van der Waals surface area contributed by atoms with Gasteiger partial charge in [0.2, 0.25) is 0 Å². The summed E-state index contributed by atoms with van der Waals surface area (Å²) >= 11 is 0. The van der Waals surface area contributed by atoms with E-state index in [2.05, 4.69) is 26.1 Å². The third-order valence-corrected chi connectivity index (χ3v) is 3.62. The topological polar surface area (TPSA) is 65.3 Å². The molecule has 0 fully saturated rings. The van der Waals surface area contributed by atoms with E-state index in [4.69, 9.17) is 10.00 Å². The minimum absolute atomic E-state index is 0.0637. The highest BCUT2D eigenvalue weighted by Gasteiger charge is 2.13. The maximum atomic E-state index is 9.94. The maximum Gasteiger partial charge on any atom is 0.174 e. The molecule has 4 nitrogen and oxygen atoms in total. The average molecular weight is 276 g/mol. The molecule has 1 rings (SSSR count). The van der Waals surface area contributed by atoms with Gasteiger partial charge in [0, 0.05) is 12.6 Å². The molecular formula is C16H24N2O2. The summed E-state index contributed by atoms with van der Waals surface area (Å²) in [5.41, 5.74) is 1.13. The van der Waals surface area contributed by atoms with E-state index in [9.17, 15) is 5.11 Å². The smallest absolute Gasteiger partial charge is 0.174 e. The summed E-state index contributed by atoms with van der Waals surface area (Å²) in [5, 5.41) is 21.7. The third kappa shape index (κ3) is 5.20. The Balaban J connectivity index is 2.47. The lowest BCUT2D eigenvalue weighted by Crippen LogP contribution is -2.33. The number of hydrogen-bond donors (Lipinski definition) is 2. The number of ether oxygens (including phenoxy) is 1. The molecule has 0 aromatic heterocycles. The summed E-state index contributed by atoms with van der Waals surface area (Å²) in [6.07, 6.45) is 0.656. The zero-order chi connectivity index (χ0) is 15.0. The first kappa shape index (κ1) is 16.5. The SMILES string of the molecule is CCC(C)C(O)CNC(C)c1ccc(OCC#N)cc1. The van der Waals surface area contributed by atoms with E-state index in [-0.39, 0.29) is 18.8 Å². The van der Waals surface area contributed by atoms with E-state index < -0.39 is 0 Å². The minimum atomic E-state index is -0.319. The van der Waals surface area contributed by atoms with Crippen molar-refractivity contribution in [1.82, 2.24) is 5.32 Å². The van der Waals surface area contributed by atoms with Crippen LogP contribution in [0.2, 0.25) is 0 Å². The van der Waals surface area contributed by atoms with E-state index in [1.54, 1.807) is 0 Å². The number of benzene rings is 1. The molecule has 1 aromatic carbocycles. The van der Waals surface area contributed by atoms with Crippen molar-refractivity contribution >= 4 is 0 Å². The van der Waals surface area contributed by atoms with E-state index in [0.717, 1.165) is 12.0 Å². The number of aliphatic hydroxyl groups excluding tert-OH is 1. The van der Waals surface area contributed by atoms with Gasteiger partial charge in [0.1, 0.15) is 11.8 Å². The molecule has 0 amide bonds. The Bertz CT molecular complexity index is 425. The summed E-state index contributed by atoms with van der Waals surface area (Å²) in [7, 11) is 0. The molecule has 20 heavy (non-hydrogen) atoms. The number of rotatable bonds is 8. The van der Waals surface area contributed by atoms with Gasteiger partial charge in [0.15, 0.2) is 6.61 Å². The van der Waals surface area contributed by atoms with Crippen LogP contribution in [0.15, 0.2) is 24.3 Å². The molecule has 110 valence electrons. The van der Waals surface area contributed by atoms with Gasteiger partial charge in [-0.1, -0.05) is 32.4 Å². The quantitative estimate of drug-likeness (QED) is 0.766. The van der Waals surface area contributed by atoms with Crippen LogP contribution in [-0.2, 0) is 0 Å². The maximum absolute atomic E-state index is 9.94. The molecule has 0 spiro atoms. The molecule has 1 aromatic rings. The van der Waals surface area contributed by atoms with Crippen LogP contribution in [-0.4, -0.2) is 24.4 Å². The van der Waals surface area contributed by atoms with Crippen LogP contribution < -0.4 is 10.1 Å². The lowest BCUT2D eigenvalue weighted by Gasteiger charge is -2.21.